The summed E-state index contributed by atoms with van der Waals surface area (Å²) in [5, 5.41) is 8.44. The highest BCUT2D eigenvalue weighted by Gasteiger charge is 2.12. The summed E-state index contributed by atoms with van der Waals surface area (Å²) in [6.07, 6.45) is 1.51. The lowest BCUT2D eigenvalue weighted by Gasteiger charge is -2.03. The third-order valence-corrected chi connectivity index (χ3v) is 3.66. The Balaban J connectivity index is 1.63. The van der Waals surface area contributed by atoms with Gasteiger partial charge in [0, 0.05) is 12.3 Å². The van der Waals surface area contributed by atoms with Crippen molar-refractivity contribution in [2.75, 3.05) is 7.11 Å². The predicted octanol–water partition coefficient (Wildman–Crippen LogP) is 2.13. The molecule has 7 nitrogen and oxygen atoms in total. The molecule has 112 valence electrons. The lowest BCUT2D eigenvalue weighted by molar-refractivity contribution is 0.0944. The van der Waals surface area contributed by atoms with Crippen molar-refractivity contribution in [3.8, 4) is 16.5 Å². The summed E-state index contributed by atoms with van der Waals surface area (Å²) in [5.74, 6) is 1.08. The Morgan fingerprint density at radius 1 is 1.45 bits per heavy atom. The molecule has 0 bridgehead atoms. The van der Waals surface area contributed by atoms with Crippen molar-refractivity contribution >= 4 is 17.2 Å². The summed E-state index contributed by atoms with van der Waals surface area (Å²) >= 11 is 1.51. The summed E-state index contributed by atoms with van der Waals surface area (Å²) in [5.41, 5.74) is 0.265. The number of methoxy groups -OCH3 is 1. The fourth-order valence-electron chi connectivity index (χ4n) is 1.74. The van der Waals surface area contributed by atoms with Crippen LogP contribution in [0.25, 0.3) is 10.8 Å². The average Bonchev–Trinajstić information content (AvgIpc) is 3.23. The van der Waals surface area contributed by atoms with Crippen molar-refractivity contribution in [3.63, 3.8) is 0 Å². The normalized spacial score (nSPS) is 10.4. The zero-order valence-electron chi connectivity index (χ0n) is 11.6. The van der Waals surface area contributed by atoms with Crippen LogP contribution in [-0.4, -0.2) is 28.1 Å². The summed E-state index contributed by atoms with van der Waals surface area (Å²) in [6, 6.07) is 7.02. The summed E-state index contributed by atoms with van der Waals surface area (Å²) in [7, 11) is 1.53. The topological polar surface area (TPSA) is 90.1 Å². The highest BCUT2D eigenvalue weighted by molar-refractivity contribution is 7.13. The van der Waals surface area contributed by atoms with Gasteiger partial charge in [0.25, 0.3) is 11.8 Å². The molecule has 3 aromatic rings. The molecule has 0 radical (unpaired) electrons. The molecule has 0 aliphatic rings. The smallest absolute Gasteiger partial charge is 0.270 e. The van der Waals surface area contributed by atoms with Gasteiger partial charge in [-0.05, 0) is 17.5 Å². The minimum absolute atomic E-state index is 0.159. The van der Waals surface area contributed by atoms with Crippen LogP contribution in [0.4, 0.5) is 0 Å². The number of pyridine rings is 1. The molecule has 8 heteroatoms. The maximum Gasteiger partial charge on any atom is 0.270 e. The van der Waals surface area contributed by atoms with E-state index in [1.165, 1.54) is 24.6 Å². The van der Waals surface area contributed by atoms with Crippen molar-refractivity contribution in [3.05, 3.63) is 47.4 Å². The maximum atomic E-state index is 12.0. The standard InChI is InChI=1S/C14H12N4O3S/c1-20-9-4-5-15-10(7-9)13(19)16-8-12-17-14(21-18-12)11-3-2-6-22-11/h2-7H,8H2,1H3,(H,16,19). The van der Waals surface area contributed by atoms with Crippen LogP contribution in [0.5, 0.6) is 5.75 Å². The first kappa shape index (κ1) is 14.2. The van der Waals surface area contributed by atoms with Crippen LogP contribution < -0.4 is 10.1 Å². The Bertz CT molecular complexity index is 770. The van der Waals surface area contributed by atoms with Gasteiger partial charge in [0.2, 0.25) is 0 Å². The Labute approximate surface area is 130 Å². The van der Waals surface area contributed by atoms with E-state index in [0.717, 1.165) is 4.88 Å². The zero-order chi connectivity index (χ0) is 15.4. The number of nitrogens with one attached hydrogen (secondary N) is 1. The average molecular weight is 316 g/mol. The van der Waals surface area contributed by atoms with Crippen LogP contribution in [0.3, 0.4) is 0 Å². The quantitative estimate of drug-likeness (QED) is 0.775. The minimum Gasteiger partial charge on any atom is -0.497 e. The number of hydrogen-bond donors (Lipinski definition) is 1. The molecule has 0 aliphatic carbocycles. The summed E-state index contributed by atoms with van der Waals surface area (Å²) in [4.78, 5) is 21.1. The molecule has 3 rings (SSSR count). The zero-order valence-corrected chi connectivity index (χ0v) is 12.5. The number of ether oxygens (including phenoxy) is 1. The number of aromatic nitrogens is 3. The molecule has 0 spiro atoms. The van der Waals surface area contributed by atoms with Gasteiger partial charge in [-0.2, -0.15) is 4.98 Å². The molecular formula is C14H12N4O3S. The molecule has 3 aromatic heterocycles. The van der Waals surface area contributed by atoms with Crippen molar-refractivity contribution < 1.29 is 14.1 Å². The van der Waals surface area contributed by atoms with Crippen LogP contribution in [0, 0.1) is 0 Å². The van der Waals surface area contributed by atoms with Crippen molar-refractivity contribution in [2.45, 2.75) is 6.54 Å². The molecule has 0 atom stereocenters. The number of nitrogens with zero attached hydrogens (tertiary/aromatic N) is 3. The number of carbonyl (C=O) groups excluding carboxylic acids is 1. The fourth-order valence-corrected chi connectivity index (χ4v) is 2.38. The molecule has 0 saturated heterocycles. The van der Waals surface area contributed by atoms with Gasteiger partial charge in [-0.15, -0.1) is 11.3 Å². The SMILES string of the molecule is COc1ccnc(C(=O)NCc2noc(-c3cccs3)n2)c1. The monoisotopic (exact) mass is 316 g/mol. The Morgan fingerprint density at radius 3 is 3.14 bits per heavy atom. The first-order chi connectivity index (χ1) is 10.8. The molecule has 0 fully saturated rings. The lowest BCUT2D eigenvalue weighted by atomic mass is 10.3. The number of rotatable bonds is 5. The van der Waals surface area contributed by atoms with Crippen LogP contribution in [-0.2, 0) is 6.54 Å². The highest BCUT2D eigenvalue weighted by atomic mass is 32.1. The van der Waals surface area contributed by atoms with Crippen LogP contribution in [0.15, 0.2) is 40.4 Å². The van der Waals surface area contributed by atoms with E-state index in [1.54, 1.807) is 12.1 Å². The van der Waals surface area contributed by atoms with Crippen LogP contribution in [0.1, 0.15) is 16.3 Å². The molecule has 0 aromatic carbocycles. The maximum absolute atomic E-state index is 12.0. The van der Waals surface area contributed by atoms with Crippen LogP contribution in [0.2, 0.25) is 0 Å². The number of hydrogen-bond acceptors (Lipinski definition) is 7. The van der Waals surface area contributed by atoms with E-state index >= 15 is 0 Å². The molecule has 1 amide bonds. The van der Waals surface area contributed by atoms with Gasteiger partial charge >= 0.3 is 0 Å². The van der Waals surface area contributed by atoms with E-state index in [1.807, 2.05) is 17.5 Å². The Kier molecular flexibility index (Phi) is 4.10. The largest absolute Gasteiger partial charge is 0.497 e. The molecular weight excluding hydrogens is 304 g/mol. The summed E-state index contributed by atoms with van der Waals surface area (Å²) < 4.78 is 10.2. The molecule has 1 N–H and O–H groups in total. The number of carbonyl (C=O) groups is 1. The van der Waals surface area contributed by atoms with E-state index in [9.17, 15) is 4.79 Å². The molecule has 22 heavy (non-hydrogen) atoms. The van der Waals surface area contributed by atoms with Gasteiger partial charge in [-0.3, -0.25) is 9.78 Å². The predicted molar refractivity (Wildman–Crippen MR) is 79.6 cm³/mol. The van der Waals surface area contributed by atoms with Gasteiger partial charge in [0.15, 0.2) is 5.82 Å². The second-order valence-corrected chi connectivity index (χ2v) is 5.20. The van der Waals surface area contributed by atoms with Gasteiger partial charge < -0.3 is 14.6 Å². The van der Waals surface area contributed by atoms with Crippen molar-refractivity contribution in [1.82, 2.24) is 20.4 Å². The first-order valence-electron chi connectivity index (χ1n) is 6.41. The van der Waals surface area contributed by atoms with E-state index < -0.39 is 0 Å². The Hall–Kier alpha value is -2.74. The fraction of sp³-hybridized carbons (Fsp3) is 0.143. The van der Waals surface area contributed by atoms with E-state index in [0.29, 0.717) is 17.5 Å². The second kappa shape index (κ2) is 6.35. The molecule has 0 aliphatic heterocycles. The highest BCUT2D eigenvalue weighted by Crippen LogP contribution is 2.22. The van der Waals surface area contributed by atoms with E-state index in [2.05, 4.69) is 20.4 Å². The summed E-state index contributed by atoms with van der Waals surface area (Å²) in [6.45, 7) is 0.159. The molecule has 0 saturated carbocycles. The second-order valence-electron chi connectivity index (χ2n) is 4.26. The molecule has 3 heterocycles. The van der Waals surface area contributed by atoms with E-state index in [4.69, 9.17) is 9.26 Å². The van der Waals surface area contributed by atoms with Gasteiger partial charge in [-0.25, -0.2) is 0 Å². The lowest BCUT2D eigenvalue weighted by Crippen LogP contribution is -2.24. The third-order valence-electron chi connectivity index (χ3n) is 2.81. The Morgan fingerprint density at radius 2 is 2.36 bits per heavy atom. The minimum atomic E-state index is -0.332. The third kappa shape index (κ3) is 3.12. The number of thiophene rings is 1. The van der Waals surface area contributed by atoms with Crippen LogP contribution >= 0.6 is 11.3 Å². The van der Waals surface area contributed by atoms with Gasteiger partial charge in [0.1, 0.15) is 11.4 Å². The number of amides is 1. The van der Waals surface area contributed by atoms with Crippen molar-refractivity contribution in [1.29, 1.82) is 0 Å². The molecule has 0 unspecified atom stereocenters. The van der Waals surface area contributed by atoms with Gasteiger partial charge in [-0.1, -0.05) is 11.2 Å². The van der Waals surface area contributed by atoms with Crippen molar-refractivity contribution in [2.24, 2.45) is 0 Å². The van der Waals surface area contributed by atoms with E-state index in [-0.39, 0.29) is 18.1 Å². The van der Waals surface area contributed by atoms with Gasteiger partial charge in [0.05, 0.1) is 18.5 Å². The first-order valence-corrected chi connectivity index (χ1v) is 7.29.